The van der Waals surface area contributed by atoms with Crippen molar-refractivity contribution in [3.05, 3.63) is 101 Å². The second-order valence-corrected chi connectivity index (χ2v) is 7.91. The van der Waals surface area contributed by atoms with Gasteiger partial charge in [0.05, 0.1) is 5.56 Å². The number of rotatable bonds is 6. The molecule has 0 aliphatic heterocycles. The molecular formula is C25H24F3NO. The third kappa shape index (κ3) is 4.68. The topological polar surface area (TPSA) is 12.5 Å². The highest BCUT2D eigenvalue weighted by atomic mass is 19.4. The molecule has 156 valence electrons. The van der Waals surface area contributed by atoms with Gasteiger partial charge in [0, 0.05) is 19.0 Å². The summed E-state index contributed by atoms with van der Waals surface area (Å²) >= 11 is 0. The van der Waals surface area contributed by atoms with Gasteiger partial charge in [-0.05, 0) is 54.4 Å². The highest BCUT2D eigenvalue weighted by Gasteiger charge is 2.35. The summed E-state index contributed by atoms with van der Waals surface area (Å²) in [5.41, 5.74) is 2.94. The number of ether oxygens (including phenoxy) is 1. The third-order valence-electron chi connectivity index (χ3n) is 5.56. The Kier molecular flexibility index (Phi) is 5.82. The maximum atomic E-state index is 12.9. The summed E-state index contributed by atoms with van der Waals surface area (Å²) in [5, 5.41) is 0. The van der Waals surface area contributed by atoms with E-state index >= 15 is 0 Å². The Hall–Kier alpha value is -2.79. The van der Waals surface area contributed by atoms with Crippen LogP contribution in [0.5, 0.6) is 5.75 Å². The van der Waals surface area contributed by atoms with Crippen LogP contribution in [0.2, 0.25) is 0 Å². The quantitative estimate of drug-likeness (QED) is 0.484. The van der Waals surface area contributed by atoms with Crippen molar-refractivity contribution in [2.45, 2.75) is 25.2 Å². The Morgan fingerprint density at radius 1 is 0.900 bits per heavy atom. The zero-order valence-corrected chi connectivity index (χ0v) is 16.8. The molecule has 0 fully saturated rings. The molecule has 4 rings (SSSR count). The fourth-order valence-corrected chi connectivity index (χ4v) is 4.19. The Morgan fingerprint density at radius 3 is 2.27 bits per heavy atom. The SMILES string of the molecule is CN(Cc1ccccc1)C[C@H]1Cc2ccccc2[C@H]1Oc1ccc(C(F)(F)F)cc1. The van der Waals surface area contributed by atoms with Crippen molar-refractivity contribution in [3.8, 4) is 5.75 Å². The van der Waals surface area contributed by atoms with Crippen LogP contribution in [0.3, 0.4) is 0 Å². The maximum absolute atomic E-state index is 12.9. The van der Waals surface area contributed by atoms with E-state index in [4.69, 9.17) is 4.74 Å². The van der Waals surface area contributed by atoms with Gasteiger partial charge in [0.1, 0.15) is 11.9 Å². The van der Waals surface area contributed by atoms with E-state index in [0.29, 0.717) is 5.75 Å². The van der Waals surface area contributed by atoms with Crippen molar-refractivity contribution in [3.63, 3.8) is 0 Å². The van der Waals surface area contributed by atoms with Crippen LogP contribution in [0.1, 0.15) is 28.4 Å². The average Bonchev–Trinajstić information content (AvgIpc) is 3.05. The molecule has 1 aliphatic carbocycles. The molecule has 0 radical (unpaired) electrons. The first kappa shape index (κ1) is 20.5. The first-order valence-electron chi connectivity index (χ1n) is 10.0. The summed E-state index contributed by atoms with van der Waals surface area (Å²) in [7, 11) is 2.09. The lowest BCUT2D eigenvalue weighted by Gasteiger charge is -2.27. The molecule has 2 nitrogen and oxygen atoms in total. The number of alkyl halides is 3. The number of benzene rings is 3. The Bertz CT molecular complexity index is 970. The first-order chi connectivity index (χ1) is 14.4. The average molecular weight is 411 g/mol. The molecule has 0 aromatic heterocycles. The van der Waals surface area contributed by atoms with E-state index in [0.717, 1.165) is 37.2 Å². The van der Waals surface area contributed by atoms with Gasteiger partial charge in [-0.1, -0.05) is 54.6 Å². The van der Waals surface area contributed by atoms with Crippen molar-refractivity contribution in [2.24, 2.45) is 5.92 Å². The summed E-state index contributed by atoms with van der Waals surface area (Å²) in [6, 6.07) is 23.4. The van der Waals surface area contributed by atoms with Gasteiger partial charge in [-0.3, -0.25) is 0 Å². The highest BCUT2D eigenvalue weighted by Crippen LogP contribution is 2.40. The number of hydrogen-bond donors (Lipinski definition) is 0. The van der Waals surface area contributed by atoms with Gasteiger partial charge in [-0.25, -0.2) is 0 Å². The first-order valence-corrected chi connectivity index (χ1v) is 10.0. The number of halogens is 3. The molecule has 5 heteroatoms. The number of fused-ring (bicyclic) bond motifs is 1. The molecule has 0 N–H and O–H groups in total. The predicted molar refractivity (Wildman–Crippen MR) is 111 cm³/mol. The monoisotopic (exact) mass is 411 g/mol. The van der Waals surface area contributed by atoms with E-state index in [-0.39, 0.29) is 12.0 Å². The van der Waals surface area contributed by atoms with Crippen LogP contribution in [0.4, 0.5) is 13.2 Å². The molecule has 0 saturated heterocycles. The molecule has 1 aliphatic rings. The van der Waals surface area contributed by atoms with Gasteiger partial charge in [0.15, 0.2) is 0 Å². The van der Waals surface area contributed by atoms with Crippen molar-refractivity contribution < 1.29 is 17.9 Å². The van der Waals surface area contributed by atoms with Gasteiger partial charge in [-0.2, -0.15) is 13.2 Å². The van der Waals surface area contributed by atoms with Crippen LogP contribution in [-0.4, -0.2) is 18.5 Å². The summed E-state index contributed by atoms with van der Waals surface area (Å²) in [4.78, 5) is 2.27. The van der Waals surface area contributed by atoms with Crippen molar-refractivity contribution in [1.29, 1.82) is 0 Å². The van der Waals surface area contributed by atoms with Crippen LogP contribution in [0.25, 0.3) is 0 Å². The standard InChI is InChI=1S/C25H24F3NO/c1-29(16-18-7-3-2-4-8-18)17-20-15-19-9-5-6-10-23(19)24(20)30-22-13-11-21(12-14-22)25(26,27)28/h2-14,20,24H,15-17H2,1H3/t20-,24+/m1/s1. The van der Waals surface area contributed by atoms with Crippen LogP contribution in [-0.2, 0) is 19.1 Å². The van der Waals surface area contributed by atoms with Crippen LogP contribution in [0, 0.1) is 5.92 Å². The van der Waals surface area contributed by atoms with Crippen molar-refractivity contribution in [2.75, 3.05) is 13.6 Å². The van der Waals surface area contributed by atoms with E-state index in [1.54, 1.807) is 0 Å². The molecule has 0 heterocycles. The largest absolute Gasteiger partial charge is 0.485 e. The zero-order chi connectivity index (χ0) is 21.1. The van der Waals surface area contributed by atoms with Gasteiger partial charge < -0.3 is 9.64 Å². The summed E-state index contributed by atoms with van der Waals surface area (Å²) in [6.07, 6.45) is -3.64. The lowest BCUT2D eigenvalue weighted by Crippen LogP contribution is -2.29. The maximum Gasteiger partial charge on any atom is 0.416 e. The van der Waals surface area contributed by atoms with Crippen molar-refractivity contribution in [1.82, 2.24) is 4.90 Å². The fourth-order valence-electron chi connectivity index (χ4n) is 4.19. The minimum absolute atomic E-state index is 0.184. The van der Waals surface area contributed by atoms with E-state index < -0.39 is 11.7 Å². The minimum atomic E-state index is -4.35. The third-order valence-corrected chi connectivity index (χ3v) is 5.56. The molecule has 0 bridgehead atoms. The second-order valence-electron chi connectivity index (χ2n) is 7.91. The van der Waals surface area contributed by atoms with Gasteiger partial charge >= 0.3 is 6.18 Å². The molecule has 0 amide bonds. The number of nitrogens with zero attached hydrogens (tertiary/aromatic N) is 1. The minimum Gasteiger partial charge on any atom is -0.485 e. The number of hydrogen-bond acceptors (Lipinski definition) is 2. The zero-order valence-electron chi connectivity index (χ0n) is 16.8. The van der Waals surface area contributed by atoms with Crippen LogP contribution >= 0.6 is 0 Å². The van der Waals surface area contributed by atoms with E-state index in [9.17, 15) is 13.2 Å². The fraction of sp³-hybridized carbons (Fsp3) is 0.280. The Balaban J connectivity index is 1.50. The molecule has 30 heavy (non-hydrogen) atoms. The van der Waals surface area contributed by atoms with E-state index in [1.807, 2.05) is 30.3 Å². The highest BCUT2D eigenvalue weighted by molar-refractivity contribution is 5.37. The predicted octanol–water partition coefficient (Wildman–Crippen LogP) is 6.13. The normalized spacial score (nSPS) is 18.4. The molecule has 3 aromatic rings. The Labute approximate surface area is 174 Å². The summed E-state index contributed by atoms with van der Waals surface area (Å²) < 4.78 is 44.8. The van der Waals surface area contributed by atoms with Crippen LogP contribution in [0.15, 0.2) is 78.9 Å². The summed E-state index contributed by atoms with van der Waals surface area (Å²) in [5.74, 6) is 0.679. The van der Waals surface area contributed by atoms with E-state index in [1.165, 1.54) is 23.3 Å². The Morgan fingerprint density at radius 2 is 1.57 bits per heavy atom. The summed E-state index contributed by atoms with van der Waals surface area (Å²) in [6.45, 7) is 1.66. The smallest absolute Gasteiger partial charge is 0.416 e. The molecular weight excluding hydrogens is 387 g/mol. The molecule has 0 spiro atoms. The van der Waals surface area contributed by atoms with Gasteiger partial charge in [0.25, 0.3) is 0 Å². The van der Waals surface area contributed by atoms with E-state index in [2.05, 4.69) is 36.2 Å². The van der Waals surface area contributed by atoms with Gasteiger partial charge in [-0.15, -0.1) is 0 Å². The lowest BCUT2D eigenvalue weighted by molar-refractivity contribution is -0.137. The molecule has 3 aromatic carbocycles. The van der Waals surface area contributed by atoms with Gasteiger partial charge in [0.2, 0.25) is 0 Å². The lowest BCUT2D eigenvalue weighted by atomic mass is 10.0. The van der Waals surface area contributed by atoms with Crippen molar-refractivity contribution >= 4 is 0 Å². The van der Waals surface area contributed by atoms with Crippen LogP contribution < -0.4 is 4.74 Å². The molecule has 0 unspecified atom stereocenters. The second kappa shape index (κ2) is 8.52. The molecule has 2 atom stereocenters. The molecule has 0 saturated carbocycles.